The molecule has 1 N–H and O–H groups in total. The summed E-state index contributed by atoms with van der Waals surface area (Å²) in [6.07, 6.45) is 1.65. The van der Waals surface area contributed by atoms with E-state index >= 15 is 0 Å². The number of nitrogens with zero attached hydrogens (tertiary/aromatic N) is 3. The van der Waals surface area contributed by atoms with Gasteiger partial charge in [0.15, 0.2) is 5.82 Å². The minimum absolute atomic E-state index is 0.208. The van der Waals surface area contributed by atoms with E-state index in [1.165, 1.54) is 0 Å². The molecule has 2 rings (SSSR count). The van der Waals surface area contributed by atoms with Crippen molar-refractivity contribution in [3.63, 3.8) is 0 Å². The summed E-state index contributed by atoms with van der Waals surface area (Å²) in [6, 6.07) is 9.65. The van der Waals surface area contributed by atoms with Gasteiger partial charge in [0.25, 0.3) is 0 Å². The van der Waals surface area contributed by atoms with Crippen LogP contribution in [0.15, 0.2) is 36.7 Å². The Bertz CT molecular complexity index is 568. The van der Waals surface area contributed by atoms with Gasteiger partial charge in [-0.15, -0.1) is 0 Å². The van der Waals surface area contributed by atoms with E-state index in [0.29, 0.717) is 25.5 Å². The number of ether oxygens (including phenoxy) is 1. The number of aromatic nitrogens is 3. The second-order valence-electron chi connectivity index (χ2n) is 4.96. The van der Waals surface area contributed by atoms with Crippen LogP contribution in [-0.4, -0.2) is 27.3 Å². The maximum atomic E-state index is 11.9. The number of esters is 1. The fraction of sp³-hybridized carbons (Fsp3) is 0.400. The Morgan fingerprint density at radius 2 is 2.14 bits per heavy atom. The van der Waals surface area contributed by atoms with E-state index in [9.17, 15) is 4.79 Å². The van der Waals surface area contributed by atoms with Gasteiger partial charge < -0.3 is 10.1 Å². The zero-order chi connectivity index (χ0) is 15.1. The van der Waals surface area contributed by atoms with Gasteiger partial charge in [0.05, 0.1) is 12.5 Å². The SMILES string of the molecule is CC(CNCc1ncn(C)n1)C(=O)OCc1ccccc1. The maximum absolute atomic E-state index is 11.9. The predicted octanol–water partition coefficient (Wildman–Crippen LogP) is 1.28. The molecular formula is C15H20N4O2. The van der Waals surface area contributed by atoms with Crippen LogP contribution in [0.25, 0.3) is 0 Å². The average molecular weight is 288 g/mol. The Balaban J connectivity index is 1.67. The summed E-state index contributed by atoms with van der Waals surface area (Å²) in [7, 11) is 1.82. The first-order valence-corrected chi connectivity index (χ1v) is 6.91. The van der Waals surface area contributed by atoms with Gasteiger partial charge in [-0.25, -0.2) is 4.98 Å². The van der Waals surface area contributed by atoms with E-state index in [1.54, 1.807) is 11.0 Å². The van der Waals surface area contributed by atoms with Crippen LogP contribution in [0.1, 0.15) is 18.3 Å². The molecule has 112 valence electrons. The highest BCUT2D eigenvalue weighted by Gasteiger charge is 2.14. The molecule has 1 atom stereocenters. The van der Waals surface area contributed by atoms with Crippen molar-refractivity contribution in [3.05, 3.63) is 48.0 Å². The van der Waals surface area contributed by atoms with Crippen molar-refractivity contribution in [2.75, 3.05) is 6.54 Å². The molecule has 0 fully saturated rings. The van der Waals surface area contributed by atoms with E-state index in [4.69, 9.17) is 4.74 Å². The van der Waals surface area contributed by atoms with Crippen molar-refractivity contribution < 1.29 is 9.53 Å². The highest BCUT2D eigenvalue weighted by molar-refractivity contribution is 5.72. The molecule has 1 unspecified atom stereocenters. The number of rotatable bonds is 7. The summed E-state index contributed by atoms with van der Waals surface area (Å²) in [6.45, 7) is 3.22. The number of carbonyl (C=O) groups is 1. The van der Waals surface area contributed by atoms with Crippen molar-refractivity contribution in [2.24, 2.45) is 13.0 Å². The molecule has 1 aromatic heterocycles. The molecule has 6 heteroatoms. The lowest BCUT2D eigenvalue weighted by atomic mass is 10.2. The van der Waals surface area contributed by atoms with Crippen LogP contribution >= 0.6 is 0 Å². The minimum atomic E-state index is -0.211. The molecule has 6 nitrogen and oxygen atoms in total. The first kappa shape index (κ1) is 15.2. The lowest BCUT2D eigenvalue weighted by Gasteiger charge is -2.11. The van der Waals surface area contributed by atoms with Gasteiger partial charge in [-0.1, -0.05) is 37.3 Å². The quantitative estimate of drug-likeness (QED) is 0.777. The first-order chi connectivity index (χ1) is 10.1. The Morgan fingerprint density at radius 1 is 1.38 bits per heavy atom. The number of carbonyl (C=O) groups excluding carboxylic acids is 1. The monoisotopic (exact) mass is 288 g/mol. The van der Waals surface area contributed by atoms with Crippen molar-refractivity contribution in [3.8, 4) is 0 Å². The smallest absolute Gasteiger partial charge is 0.310 e. The lowest BCUT2D eigenvalue weighted by molar-refractivity contribution is -0.149. The summed E-state index contributed by atoms with van der Waals surface area (Å²) in [5.41, 5.74) is 0.990. The van der Waals surface area contributed by atoms with Crippen molar-refractivity contribution in [1.29, 1.82) is 0 Å². The number of nitrogens with one attached hydrogen (secondary N) is 1. The molecule has 1 aromatic carbocycles. The fourth-order valence-corrected chi connectivity index (χ4v) is 1.82. The third kappa shape index (κ3) is 5.00. The van der Waals surface area contributed by atoms with Gasteiger partial charge in [0, 0.05) is 13.6 Å². The number of hydrogen-bond donors (Lipinski definition) is 1. The zero-order valence-corrected chi connectivity index (χ0v) is 12.3. The molecule has 0 spiro atoms. The number of hydrogen-bond acceptors (Lipinski definition) is 5. The molecule has 0 aliphatic rings. The maximum Gasteiger partial charge on any atom is 0.310 e. The summed E-state index contributed by atoms with van der Waals surface area (Å²) >= 11 is 0. The third-order valence-corrected chi connectivity index (χ3v) is 3.01. The molecule has 0 radical (unpaired) electrons. The van der Waals surface area contributed by atoms with Crippen LogP contribution < -0.4 is 5.32 Å². The molecule has 2 aromatic rings. The lowest BCUT2D eigenvalue weighted by Crippen LogP contribution is -2.28. The molecule has 0 aliphatic carbocycles. The van der Waals surface area contributed by atoms with Crippen molar-refractivity contribution >= 4 is 5.97 Å². The van der Waals surface area contributed by atoms with Crippen LogP contribution in [0.2, 0.25) is 0 Å². The summed E-state index contributed by atoms with van der Waals surface area (Å²) in [5, 5.41) is 7.31. The van der Waals surface area contributed by atoms with Crippen molar-refractivity contribution in [1.82, 2.24) is 20.1 Å². The van der Waals surface area contributed by atoms with Gasteiger partial charge in [-0.3, -0.25) is 9.48 Å². The highest BCUT2D eigenvalue weighted by atomic mass is 16.5. The van der Waals surface area contributed by atoms with E-state index < -0.39 is 0 Å². The van der Waals surface area contributed by atoms with E-state index in [2.05, 4.69) is 15.4 Å². The van der Waals surface area contributed by atoms with E-state index in [0.717, 1.165) is 5.56 Å². The highest BCUT2D eigenvalue weighted by Crippen LogP contribution is 2.04. The normalized spacial score (nSPS) is 12.1. The van der Waals surface area contributed by atoms with Crippen molar-refractivity contribution in [2.45, 2.75) is 20.1 Å². The van der Waals surface area contributed by atoms with Crippen LogP contribution in [0, 0.1) is 5.92 Å². The first-order valence-electron chi connectivity index (χ1n) is 6.91. The Morgan fingerprint density at radius 3 is 2.81 bits per heavy atom. The second kappa shape index (κ2) is 7.54. The van der Waals surface area contributed by atoms with Gasteiger partial charge in [0.1, 0.15) is 12.9 Å². The average Bonchev–Trinajstić information content (AvgIpc) is 2.91. The van der Waals surface area contributed by atoms with Crippen LogP contribution in [-0.2, 0) is 29.7 Å². The summed E-state index contributed by atoms with van der Waals surface area (Å²) in [4.78, 5) is 16.0. The molecule has 21 heavy (non-hydrogen) atoms. The Kier molecular flexibility index (Phi) is 5.45. The standard InChI is InChI=1S/C15H20N4O2/c1-12(8-16-9-14-17-11-19(2)18-14)15(20)21-10-13-6-4-3-5-7-13/h3-7,11-12,16H,8-10H2,1-2H3. The molecular weight excluding hydrogens is 268 g/mol. The third-order valence-electron chi connectivity index (χ3n) is 3.01. The molecule has 1 heterocycles. The molecule has 0 aliphatic heterocycles. The predicted molar refractivity (Wildman–Crippen MR) is 78.1 cm³/mol. The fourth-order valence-electron chi connectivity index (χ4n) is 1.82. The molecule has 0 amide bonds. The Hall–Kier alpha value is -2.21. The van der Waals surface area contributed by atoms with Crippen LogP contribution in [0.5, 0.6) is 0 Å². The van der Waals surface area contributed by atoms with E-state index in [1.807, 2.05) is 44.3 Å². The van der Waals surface area contributed by atoms with Gasteiger partial charge in [-0.2, -0.15) is 5.10 Å². The molecule has 0 saturated heterocycles. The van der Waals surface area contributed by atoms with Gasteiger partial charge in [0.2, 0.25) is 0 Å². The molecule has 0 bridgehead atoms. The number of aryl methyl sites for hydroxylation is 1. The summed E-state index contributed by atoms with van der Waals surface area (Å²) < 4.78 is 6.93. The van der Waals surface area contributed by atoms with Gasteiger partial charge in [-0.05, 0) is 5.56 Å². The topological polar surface area (TPSA) is 69.0 Å². The van der Waals surface area contributed by atoms with Crippen LogP contribution in [0.3, 0.4) is 0 Å². The second-order valence-corrected chi connectivity index (χ2v) is 4.96. The zero-order valence-electron chi connectivity index (χ0n) is 12.3. The molecule has 0 saturated carbocycles. The largest absolute Gasteiger partial charge is 0.461 e. The minimum Gasteiger partial charge on any atom is -0.461 e. The van der Waals surface area contributed by atoms with E-state index in [-0.39, 0.29) is 11.9 Å². The van der Waals surface area contributed by atoms with Crippen LogP contribution in [0.4, 0.5) is 0 Å². The summed E-state index contributed by atoms with van der Waals surface area (Å²) in [5.74, 6) is 0.292. The number of benzene rings is 1. The van der Waals surface area contributed by atoms with Gasteiger partial charge >= 0.3 is 5.97 Å². The Labute approximate surface area is 124 Å².